The summed E-state index contributed by atoms with van der Waals surface area (Å²) < 4.78 is 12.5. The van der Waals surface area contributed by atoms with Gasteiger partial charge in [0.2, 0.25) is 5.63 Å². The van der Waals surface area contributed by atoms with Gasteiger partial charge in [-0.05, 0) is 0 Å². The van der Waals surface area contributed by atoms with Gasteiger partial charge in [0.15, 0.2) is 0 Å². The SMILES string of the molecule is C[N+](C)(C)CC(F)Cl. The highest BCUT2D eigenvalue weighted by molar-refractivity contribution is 6.19. The Labute approximate surface area is 54.6 Å². The molecule has 0 radical (unpaired) electrons. The quantitative estimate of drug-likeness (QED) is 0.400. The Bertz CT molecular complexity index is 67.3. The van der Waals surface area contributed by atoms with Crippen molar-refractivity contribution in [1.29, 1.82) is 0 Å². The molecular weight excluding hydrogens is 129 g/mol. The van der Waals surface area contributed by atoms with Crippen LogP contribution in [0.1, 0.15) is 0 Å². The molecule has 50 valence electrons. The van der Waals surface area contributed by atoms with Gasteiger partial charge in [-0.2, -0.15) is 0 Å². The summed E-state index contributed by atoms with van der Waals surface area (Å²) in [5.41, 5.74) is -1.21. The van der Waals surface area contributed by atoms with Crippen LogP contribution in [0, 0.1) is 0 Å². The maximum absolute atomic E-state index is 11.9. The summed E-state index contributed by atoms with van der Waals surface area (Å²) in [7, 11) is 5.69. The average Bonchev–Trinajstić information content (AvgIpc) is 1.21. The summed E-state index contributed by atoms with van der Waals surface area (Å²) in [4.78, 5) is 0. The zero-order valence-electron chi connectivity index (χ0n) is 5.49. The fraction of sp³-hybridized carbons (Fsp3) is 1.00. The van der Waals surface area contributed by atoms with Crippen LogP contribution in [0.4, 0.5) is 4.39 Å². The maximum Gasteiger partial charge on any atom is 0.221 e. The van der Waals surface area contributed by atoms with Crippen molar-refractivity contribution in [2.24, 2.45) is 0 Å². The first kappa shape index (κ1) is 8.18. The number of alkyl halides is 2. The van der Waals surface area contributed by atoms with E-state index < -0.39 is 5.63 Å². The molecule has 0 heterocycles. The third kappa shape index (κ3) is 6.18. The van der Waals surface area contributed by atoms with Gasteiger partial charge < -0.3 is 4.48 Å². The molecule has 1 atom stereocenters. The van der Waals surface area contributed by atoms with E-state index in [0.717, 1.165) is 0 Å². The molecule has 0 aromatic carbocycles. The van der Waals surface area contributed by atoms with Gasteiger partial charge in [0.1, 0.15) is 6.54 Å². The number of quaternary nitrogens is 1. The summed E-state index contributed by atoms with van der Waals surface area (Å²) in [6, 6.07) is 0. The molecule has 0 saturated heterocycles. The summed E-state index contributed by atoms with van der Waals surface area (Å²) in [6.07, 6.45) is 0. The Morgan fingerprint density at radius 1 is 1.50 bits per heavy atom. The van der Waals surface area contributed by atoms with E-state index in [1.807, 2.05) is 21.1 Å². The normalized spacial score (nSPS) is 16.1. The molecule has 0 aromatic heterocycles. The molecule has 0 N–H and O–H groups in total. The molecule has 0 saturated carbocycles. The fourth-order valence-corrected chi connectivity index (χ4v) is 0.828. The molecule has 1 unspecified atom stereocenters. The summed E-state index contributed by atoms with van der Waals surface area (Å²) in [5, 5.41) is 0. The van der Waals surface area contributed by atoms with E-state index in [9.17, 15) is 4.39 Å². The van der Waals surface area contributed by atoms with Crippen LogP contribution in [0.5, 0.6) is 0 Å². The van der Waals surface area contributed by atoms with Crippen LogP contribution in [-0.4, -0.2) is 37.8 Å². The molecule has 0 bridgehead atoms. The number of nitrogens with zero attached hydrogens (tertiary/aromatic N) is 1. The Hall–Kier alpha value is 0.180. The van der Waals surface area contributed by atoms with Crippen molar-refractivity contribution in [3.63, 3.8) is 0 Å². The van der Waals surface area contributed by atoms with Gasteiger partial charge in [-0.15, -0.1) is 0 Å². The molecule has 0 rings (SSSR count). The molecule has 0 aliphatic carbocycles. The number of halogens is 2. The van der Waals surface area contributed by atoms with Crippen molar-refractivity contribution in [1.82, 2.24) is 0 Å². The lowest BCUT2D eigenvalue weighted by atomic mass is 10.5. The lowest BCUT2D eigenvalue weighted by Gasteiger charge is -2.23. The third-order valence-corrected chi connectivity index (χ3v) is 0.824. The van der Waals surface area contributed by atoms with Crippen LogP contribution < -0.4 is 0 Å². The highest BCUT2D eigenvalue weighted by Crippen LogP contribution is 2.01. The Morgan fingerprint density at radius 2 is 1.88 bits per heavy atom. The van der Waals surface area contributed by atoms with Gasteiger partial charge in [-0.1, -0.05) is 11.6 Å². The molecule has 0 fully saturated rings. The van der Waals surface area contributed by atoms with Crippen molar-refractivity contribution in [2.75, 3.05) is 27.7 Å². The van der Waals surface area contributed by atoms with Crippen LogP contribution in [0.25, 0.3) is 0 Å². The first-order chi connectivity index (χ1) is 3.42. The fourth-order valence-electron chi connectivity index (χ4n) is 0.414. The van der Waals surface area contributed by atoms with Gasteiger partial charge in [-0.25, -0.2) is 4.39 Å². The lowest BCUT2D eigenvalue weighted by molar-refractivity contribution is -0.871. The number of hydrogen-bond donors (Lipinski definition) is 0. The smallest absolute Gasteiger partial charge is 0.221 e. The predicted molar refractivity (Wildman–Crippen MR) is 33.6 cm³/mol. The predicted octanol–water partition coefficient (Wildman–Crippen LogP) is 1.23. The Morgan fingerprint density at radius 3 is 1.88 bits per heavy atom. The van der Waals surface area contributed by atoms with Gasteiger partial charge >= 0.3 is 0 Å². The van der Waals surface area contributed by atoms with Crippen molar-refractivity contribution >= 4 is 11.6 Å². The van der Waals surface area contributed by atoms with E-state index in [0.29, 0.717) is 11.0 Å². The monoisotopic (exact) mass is 140 g/mol. The zero-order chi connectivity index (χ0) is 6.78. The van der Waals surface area contributed by atoms with E-state index >= 15 is 0 Å². The Kier molecular flexibility index (Phi) is 2.71. The van der Waals surface area contributed by atoms with Gasteiger partial charge in [-0.3, -0.25) is 0 Å². The summed E-state index contributed by atoms with van der Waals surface area (Å²) in [5.74, 6) is 0. The Balaban J connectivity index is 3.39. The highest BCUT2D eigenvalue weighted by atomic mass is 35.5. The van der Waals surface area contributed by atoms with Crippen LogP contribution >= 0.6 is 11.6 Å². The first-order valence-electron chi connectivity index (χ1n) is 2.50. The minimum Gasteiger partial charge on any atom is -0.327 e. The average molecular weight is 141 g/mol. The van der Waals surface area contributed by atoms with E-state index in [4.69, 9.17) is 11.6 Å². The van der Waals surface area contributed by atoms with Crippen LogP contribution in [0.15, 0.2) is 0 Å². The van der Waals surface area contributed by atoms with Gasteiger partial charge in [0, 0.05) is 0 Å². The molecular formula is C5H12ClFN+. The van der Waals surface area contributed by atoms with Crippen molar-refractivity contribution in [2.45, 2.75) is 5.63 Å². The standard InChI is InChI=1S/C5H12ClFN/c1-8(2,3)4-5(6)7/h5H,4H2,1-3H3/q+1. The summed E-state index contributed by atoms with van der Waals surface area (Å²) in [6.45, 7) is 0.363. The van der Waals surface area contributed by atoms with E-state index in [1.165, 1.54) is 0 Å². The first-order valence-corrected chi connectivity index (χ1v) is 2.94. The van der Waals surface area contributed by atoms with Crippen molar-refractivity contribution in [3.05, 3.63) is 0 Å². The minimum absolute atomic E-state index is 0.363. The van der Waals surface area contributed by atoms with Crippen molar-refractivity contribution < 1.29 is 8.87 Å². The molecule has 0 aliphatic heterocycles. The maximum atomic E-state index is 11.9. The van der Waals surface area contributed by atoms with E-state index in [1.54, 1.807) is 0 Å². The molecule has 0 aliphatic rings. The molecule has 3 heteroatoms. The second kappa shape index (κ2) is 2.65. The number of hydrogen-bond acceptors (Lipinski definition) is 0. The van der Waals surface area contributed by atoms with Crippen LogP contribution in [-0.2, 0) is 0 Å². The molecule has 0 amide bonds. The van der Waals surface area contributed by atoms with Crippen LogP contribution in [0.3, 0.4) is 0 Å². The summed E-state index contributed by atoms with van der Waals surface area (Å²) >= 11 is 5.08. The topological polar surface area (TPSA) is 0 Å². The molecule has 0 spiro atoms. The van der Waals surface area contributed by atoms with Crippen LogP contribution in [0.2, 0.25) is 0 Å². The third-order valence-electron chi connectivity index (χ3n) is 0.686. The second-order valence-corrected chi connectivity index (χ2v) is 3.34. The lowest BCUT2D eigenvalue weighted by Crippen LogP contribution is -2.38. The minimum atomic E-state index is -1.21. The molecule has 0 aromatic rings. The zero-order valence-corrected chi connectivity index (χ0v) is 6.24. The van der Waals surface area contributed by atoms with Gasteiger partial charge in [0.25, 0.3) is 0 Å². The second-order valence-electron chi connectivity index (χ2n) is 2.86. The van der Waals surface area contributed by atoms with E-state index in [2.05, 4.69) is 0 Å². The highest BCUT2D eigenvalue weighted by Gasteiger charge is 2.12. The van der Waals surface area contributed by atoms with Crippen molar-refractivity contribution in [3.8, 4) is 0 Å². The van der Waals surface area contributed by atoms with E-state index in [-0.39, 0.29) is 0 Å². The largest absolute Gasteiger partial charge is 0.327 e. The molecule has 1 nitrogen and oxygen atoms in total. The van der Waals surface area contributed by atoms with Gasteiger partial charge in [0.05, 0.1) is 21.1 Å². The number of rotatable bonds is 2. The molecule has 8 heavy (non-hydrogen) atoms.